The molecule has 1 atom stereocenters. The Labute approximate surface area is 206 Å². The lowest BCUT2D eigenvalue weighted by Crippen LogP contribution is -2.51. The van der Waals surface area contributed by atoms with Crippen molar-refractivity contribution >= 4 is 57.4 Å². The van der Waals surface area contributed by atoms with Gasteiger partial charge in [0.15, 0.2) is 0 Å². The molecule has 33 heavy (non-hydrogen) atoms. The van der Waals surface area contributed by atoms with E-state index >= 15 is 0 Å². The van der Waals surface area contributed by atoms with E-state index in [4.69, 9.17) is 34.8 Å². The molecule has 0 radical (unpaired) electrons. The Kier molecular flexibility index (Phi) is 6.11. The fourth-order valence-electron chi connectivity index (χ4n) is 4.16. The average Bonchev–Trinajstić information content (AvgIpc) is 2.84. The molecule has 5 rings (SSSR count). The third-order valence-corrected chi connectivity index (χ3v) is 6.60. The van der Waals surface area contributed by atoms with Gasteiger partial charge in [-0.25, -0.2) is 4.98 Å². The van der Waals surface area contributed by atoms with Gasteiger partial charge in [0.2, 0.25) is 0 Å². The second kappa shape index (κ2) is 9.18. The zero-order valence-electron chi connectivity index (χ0n) is 17.5. The Morgan fingerprint density at radius 1 is 0.879 bits per heavy atom. The number of fused-ring (bicyclic) bond motifs is 1. The van der Waals surface area contributed by atoms with Gasteiger partial charge in [0.05, 0.1) is 34.0 Å². The molecule has 4 aromatic rings. The van der Waals surface area contributed by atoms with Crippen LogP contribution >= 0.6 is 34.8 Å². The van der Waals surface area contributed by atoms with Crippen molar-refractivity contribution in [2.45, 2.75) is 6.04 Å². The predicted octanol–water partition coefficient (Wildman–Crippen LogP) is 6.29. The van der Waals surface area contributed by atoms with Crippen molar-refractivity contribution in [2.24, 2.45) is 0 Å². The zero-order chi connectivity index (χ0) is 22.9. The number of piperazine rings is 1. The molecule has 166 valence electrons. The third kappa shape index (κ3) is 4.49. The summed E-state index contributed by atoms with van der Waals surface area (Å²) in [7, 11) is 0. The number of para-hydroxylation sites is 2. The zero-order valence-corrected chi connectivity index (χ0v) is 19.7. The van der Waals surface area contributed by atoms with Crippen LogP contribution in [-0.2, 0) is 0 Å². The molecule has 3 aromatic carbocycles. The number of aromatic nitrogens is 2. The van der Waals surface area contributed by atoms with E-state index in [0.717, 1.165) is 16.8 Å². The fourth-order valence-corrected chi connectivity index (χ4v) is 4.81. The van der Waals surface area contributed by atoms with Crippen molar-refractivity contribution < 1.29 is 4.79 Å². The summed E-state index contributed by atoms with van der Waals surface area (Å²) in [4.78, 5) is 26.3. The number of halogens is 3. The molecule has 8 heteroatoms. The van der Waals surface area contributed by atoms with E-state index < -0.39 is 0 Å². The van der Waals surface area contributed by atoms with E-state index in [1.165, 1.54) is 0 Å². The first-order valence-corrected chi connectivity index (χ1v) is 11.6. The Morgan fingerprint density at radius 2 is 1.61 bits per heavy atom. The largest absolute Gasteiger partial charge is 0.360 e. The van der Waals surface area contributed by atoms with Crippen molar-refractivity contribution in [3.8, 4) is 0 Å². The monoisotopic (exact) mass is 496 g/mol. The summed E-state index contributed by atoms with van der Waals surface area (Å²) >= 11 is 18.8. The van der Waals surface area contributed by atoms with Crippen LogP contribution in [0, 0.1) is 0 Å². The van der Waals surface area contributed by atoms with Crippen LogP contribution in [0.2, 0.25) is 15.1 Å². The van der Waals surface area contributed by atoms with Crippen LogP contribution in [0.1, 0.15) is 22.1 Å². The van der Waals surface area contributed by atoms with Crippen molar-refractivity contribution in [1.29, 1.82) is 0 Å². The molecule has 0 N–H and O–H groups in total. The van der Waals surface area contributed by atoms with Crippen LogP contribution in [-0.4, -0.2) is 40.4 Å². The van der Waals surface area contributed by atoms with Crippen molar-refractivity contribution in [2.75, 3.05) is 24.5 Å². The topological polar surface area (TPSA) is 49.3 Å². The van der Waals surface area contributed by atoms with Crippen LogP contribution in [0.15, 0.2) is 72.9 Å². The van der Waals surface area contributed by atoms with Gasteiger partial charge in [-0.2, -0.15) is 0 Å². The molecular weight excluding hydrogens is 479 g/mol. The number of amides is 1. The maximum atomic E-state index is 13.4. The van der Waals surface area contributed by atoms with Gasteiger partial charge < -0.3 is 9.80 Å². The number of hydrogen-bond donors (Lipinski definition) is 0. The Bertz CT molecular complexity index is 1330. The summed E-state index contributed by atoms with van der Waals surface area (Å²) in [5.74, 6) is -0.144. The highest BCUT2D eigenvalue weighted by molar-refractivity contribution is 6.36. The summed E-state index contributed by atoms with van der Waals surface area (Å²) in [5.41, 5.74) is 3.70. The molecule has 0 saturated carbocycles. The van der Waals surface area contributed by atoms with Gasteiger partial charge in [-0.15, -0.1) is 0 Å². The molecular formula is C25H19Cl3N4O. The van der Waals surface area contributed by atoms with Gasteiger partial charge in [0.1, 0.15) is 5.69 Å². The quantitative estimate of drug-likeness (QED) is 0.333. The van der Waals surface area contributed by atoms with E-state index in [0.29, 0.717) is 45.9 Å². The van der Waals surface area contributed by atoms with Crippen LogP contribution < -0.4 is 4.90 Å². The van der Waals surface area contributed by atoms with Gasteiger partial charge >= 0.3 is 0 Å². The number of benzene rings is 3. The van der Waals surface area contributed by atoms with Gasteiger partial charge in [-0.1, -0.05) is 59.1 Å². The number of rotatable bonds is 3. The van der Waals surface area contributed by atoms with E-state index in [9.17, 15) is 4.79 Å². The molecule has 0 aliphatic carbocycles. The summed E-state index contributed by atoms with van der Waals surface area (Å²) < 4.78 is 0. The smallest absolute Gasteiger partial charge is 0.274 e. The second-order valence-electron chi connectivity index (χ2n) is 7.85. The van der Waals surface area contributed by atoms with Gasteiger partial charge in [0.25, 0.3) is 5.91 Å². The highest BCUT2D eigenvalue weighted by Gasteiger charge is 2.33. The molecule has 1 aliphatic heterocycles. The molecule has 1 unspecified atom stereocenters. The molecule has 1 aliphatic rings. The highest BCUT2D eigenvalue weighted by Crippen LogP contribution is 2.37. The normalized spacial score (nSPS) is 16.3. The second-order valence-corrected chi connectivity index (χ2v) is 9.13. The van der Waals surface area contributed by atoms with Crippen molar-refractivity contribution in [3.63, 3.8) is 0 Å². The predicted molar refractivity (Wildman–Crippen MR) is 133 cm³/mol. The number of carbonyl (C=O) groups excluding carboxylic acids is 1. The SMILES string of the molecule is O=C(c1cnc2ccccc2n1)N1CCN(c2ccc(Cl)cc2Cl)C(c2ccc(Cl)cc2)C1. The lowest BCUT2D eigenvalue weighted by molar-refractivity contribution is 0.0716. The fraction of sp³-hybridized carbons (Fsp3) is 0.160. The Hall–Kier alpha value is -2.86. The average molecular weight is 498 g/mol. The minimum Gasteiger partial charge on any atom is -0.360 e. The van der Waals surface area contributed by atoms with Crippen LogP contribution in [0.4, 0.5) is 5.69 Å². The van der Waals surface area contributed by atoms with E-state index in [1.807, 2.05) is 65.6 Å². The summed E-state index contributed by atoms with van der Waals surface area (Å²) in [6.45, 7) is 1.59. The molecule has 1 fully saturated rings. The molecule has 0 spiro atoms. The van der Waals surface area contributed by atoms with Crippen molar-refractivity contribution in [3.05, 3.63) is 99.3 Å². The Morgan fingerprint density at radius 3 is 2.36 bits per heavy atom. The maximum Gasteiger partial charge on any atom is 0.274 e. The van der Waals surface area contributed by atoms with Gasteiger partial charge in [-0.3, -0.25) is 9.78 Å². The summed E-state index contributed by atoms with van der Waals surface area (Å²) in [5, 5.41) is 1.81. The molecule has 0 bridgehead atoms. The first-order chi connectivity index (χ1) is 16.0. The number of hydrogen-bond acceptors (Lipinski definition) is 4. The van der Waals surface area contributed by atoms with Gasteiger partial charge in [0, 0.05) is 29.7 Å². The van der Waals surface area contributed by atoms with Crippen LogP contribution in [0.3, 0.4) is 0 Å². The van der Waals surface area contributed by atoms with Crippen LogP contribution in [0.25, 0.3) is 11.0 Å². The number of nitrogens with zero attached hydrogens (tertiary/aromatic N) is 4. The highest BCUT2D eigenvalue weighted by atomic mass is 35.5. The first kappa shape index (κ1) is 22.0. The van der Waals surface area contributed by atoms with Crippen LogP contribution in [0.5, 0.6) is 0 Å². The molecule has 1 aromatic heterocycles. The minimum atomic E-state index is -0.144. The third-order valence-electron chi connectivity index (χ3n) is 5.81. The number of anilines is 1. The number of carbonyl (C=O) groups is 1. The van der Waals surface area contributed by atoms with E-state index in [2.05, 4.69) is 14.9 Å². The molecule has 5 nitrogen and oxygen atoms in total. The van der Waals surface area contributed by atoms with E-state index in [-0.39, 0.29) is 11.9 Å². The molecule has 1 amide bonds. The van der Waals surface area contributed by atoms with E-state index in [1.54, 1.807) is 12.3 Å². The molecule has 1 saturated heterocycles. The summed E-state index contributed by atoms with van der Waals surface area (Å²) in [6.07, 6.45) is 1.55. The Balaban J connectivity index is 1.48. The lowest BCUT2D eigenvalue weighted by Gasteiger charge is -2.43. The lowest BCUT2D eigenvalue weighted by atomic mass is 10.0. The maximum absolute atomic E-state index is 13.4. The first-order valence-electron chi connectivity index (χ1n) is 10.5. The summed E-state index contributed by atoms with van der Waals surface area (Å²) in [6, 6.07) is 20.5. The molecule has 2 heterocycles. The van der Waals surface area contributed by atoms with Crippen molar-refractivity contribution in [1.82, 2.24) is 14.9 Å². The minimum absolute atomic E-state index is 0.118. The standard InChI is InChI=1S/C25H19Cl3N4O/c26-17-7-5-16(6-8-17)24-15-31(11-12-32(24)23-10-9-18(27)13-19(23)28)25(33)22-14-29-20-3-1-2-4-21(20)30-22/h1-10,13-14,24H,11-12,15H2. The van der Waals surface area contributed by atoms with Gasteiger partial charge in [-0.05, 0) is 48.0 Å².